The Morgan fingerprint density at radius 3 is 2.50 bits per heavy atom. The first-order chi connectivity index (χ1) is 8.54. The van der Waals surface area contributed by atoms with Gasteiger partial charge in [0.15, 0.2) is 0 Å². The van der Waals surface area contributed by atoms with Gasteiger partial charge in [-0.1, -0.05) is 24.3 Å². The van der Waals surface area contributed by atoms with E-state index >= 15 is 0 Å². The van der Waals surface area contributed by atoms with E-state index in [-0.39, 0.29) is 5.54 Å². The number of nitrogens with one attached hydrogen (secondary N) is 1. The van der Waals surface area contributed by atoms with Gasteiger partial charge in [-0.2, -0.15) is 0 Å². The molecule has 0 spiro atoms. The van der Waals surface area contributed by atoms with E-state index in [1.54, 1.807) is 0 Å². The third-order valence-electron chi connectivity index (χ3n) is 3.26. The molecule has 1 heterocycles. The molecule has 2 aromatic rings. The summed E-state index contributed by atoms with van der Waals surface area (Å²) in [7, 11) is 1.92. The molecule has 2 rings (SSSR count). The lowest BCUT2D eigenvalue weighted by molar-refractivity contribution is 0.417. The first-order valence-corrected chi connectivity index (χ1v) is 6.13. The number of nitrogens with zero attached hydrogens (tertiary/aromatic N) is 2. The van der Waals surface area contributed by atoms with Gasteiger partial charge in [-0.3, -0.25) is 0 Å². The second-order valence-electron chi connectivity index (χ2n) is 4.96. The number of rotatable bonds is 3. The van der Waals surface area contributed by atoms with Gasteiger partial charge in [0.25, 0.3) is 0 Å². The van der Waals surface area contributed by atoms with Crippen LogP contribution >= 0.6 is 0 Å². The molecule has 1 N–H and O–H groups in total. The number of aryl methyl sites for hydroxylation is 1. The number of benzene rings is 1. The highest BCUT2D eigenvalue weighted by Crippen LogP contribution is 2.23. The zero-order valence-electron chi connectivity index (χ0n) is 11.4. The van der Waals surface area contributed by atoms with Crippen molar-refractivity contribution >= 4 is 0 Å². The van der Waals surface area contributed by atoms with E-state index in [4.69, 9.17) is 0 Å². The zero-order chi connectivity index (χ0) is 13.2. The molecule has 0 bridgehead atoms. The van der Waals surface area contributed by atoms with Gasteiger partial charge in [-0.15, -0.1) is 0 Å². The molecular formula is C15H19N3. The highest BCUT2D eigenvalue weighted by molar-refractivity contribution is 5.62. The van der Waals surface area contributed by atoms with Crippen LogP contribution in [0.2, 0.25) is 0 Å². The van der Waals surface area contributed by atoms with Crippen molar-refractivity contribution in [1.29, 1.82) is 0 Å². The molecular weight excluding hydrogens is 222 g/mol. The average molecular weight is 241 g/mol. The molecule has 0 fully saturated rings. The van der Waals surface area contributed by atoms with Gasteiger partial charge in [-0.05, 0) is 39.4 Å². The minimum absolute atomic E-state index is 0.224. The second-order valence-corrected chi connectivity index (χ2v) is 4.96. The third-order valence-corrected chi connectivity index (χ3v) is 3.26. The summed E-state index contributed by atoms with van der Waals surface area (Å²) < 4.78 is 0. The van der Waals surface area contributed by atoms with Crippen LogP contribution in [0.1, 0.15) is 25.2 Å². The van der Waals surface area contributed by atoms with Crippen LogP contribution in [0.3, 0.4) is 0 Å². The average Bonchev–Trinajstić information content (AvgIpc) is 2.39. The van der Waals surface area contributed by atoms with Crippen molar-refractivity contribution in [2.24, 2.45) is 0 Å². The molecule has 0 aliphatic heterocycles. The molecule has 3 nitrogen and oxygen atoms in total. The van der Waals surface area contributed by atoms with Gasteiger partial charge in [0, 0.05) is 11.8 Å². The molecule has 0 atom stereocenters. The van der Waals surface area contributed by atoms with Crippen LogP contribution in [-0.2, 0) is 5.54 Å². The lowest BCUT2D eigenvalue weighted by atomic mass is 10.0. The standard InChI is InChI=1S/C15H19N3/c1-11-7-5-6-8-12(11)13-9-10-17-14(18-13)15(2,3)16-4/h5-10,16H,1-4H3. The van der Waals surface area contributed by atoms with Crippen LogP contribution in [0.25, 0.3) is 11.3 Å². The highest BCUT2D eigenvalue weighted by Gasteiger charge is 2.21. The predicted molar refractivity (Wildman–Crippen MR) is 74.3 cm³/mol. The van der Waals surface area contributed by atoms with Crippen LogP contribution in [0.15, 0.2) is 36.5 Å². The van der Waals surface area contributed by atoms with E-state index in [2.05, 4.69) is 48.2 Å². The van der Waals surface area contributed by atoms with E-state index in [0.717, 1.165) is 17.1 Å². The number of hydrogen-bond acceptors (Lipinski definition) is 3. The van der Waals surface area contributed by atoms with E-state index in [1.165, 1.54) is 5.56 Å². The molecule has 94 valence electrons. The van der Waals surface area contributed by atoms with Crippen LogP contribution < -0.4 is 5.32 Å². The Kier molecular flexibility index (Phi) is 3.43. The normalized spacial score (nSPS) is 11.6. The Morgan fingerprint density at radius 1 is 1.11 bits per heavy atom. The van der Waals surface area contributed by atoms with Gasteiger partial charge in [0.2, 0.25) is 0 Å². The smallest absolute Gasteiger partial charge is 0.148 e. The highest BCUT2D eigenvalue weighted by atomic mass is 15.0. The fourth-order valence-electron chi connectivity index (χ4n) is 1.78. The first kappa shape index (κ1) is 12.7. The largest absolute Gasteiger partial charge is 0.308 e. The molecule has 0 saturated carbocycles. The lowest BCUT2D eigenvalue weighted by Gasteiger charge is -2.22. The maximum atomic E-state index is 4.67. The maximum absolute atomic E-state index is 4.67. The molecule has 0 unspecified atom stereocenters. The lowest BCUT2D eigenvalue weighted by Crippen LogP contribution is -2.35. The molecule has 0 aliphatic rings. The molecule has 1 aromatic carbocycles. The molecule has 0 amide bonds. The van der Waals surface area contributed by atoms with Crippen molar-refractivity contribution in [2.75, 3.05) is 7.05 Å². The Bertz CT molecular complexity index is 547. The topological polar surface area (TPSA) is 37.8 Å². The summed E-state index contributed by atoms with van der Waals surface area (Å²) in [5.41, 5.74) is 3.14. The van der Waals surface area contributed by atoms with E-state index in [0.29, 0.717) is 0 Å². The van der Waals surface area contributed by atoms with Gasteiger partial charge in [0.05, 0.1) is 11.2 Å². The summed E-state index contributed by atoms with van der Waals surface area (Å²) in [6, 6.07) is 10.2. The van der Waals surface area contributed by atoms with Crippen LogP contribution in [0.4, 0.5) is 0 Å². The van der Waals surface area contributed by atoms with Crippen molar-refractivity contribution in [1.82, 2.24) is 15.3 Å². The van der Waals surface area contributed by atoms with E-state index < -0.39 is 0 Å². The van der Waals surface area contributed by atoms with Gasteiger partial charge < -0.3 is 5.32 Å². The molecule has 0 aliphatic carbocycles. The minimum Gasteiger partial charge on any atom is -0.308 e. The molecule has 1 aromatic heterocycles. The Balaban J connectivity index is 2.49. The molecule has 3 heteroatoms. The second kappa shape index (κ2) is 4.86. The summed E-state index contributed by atoms with van der Waals surface area (Å²) in [5, 5.41) is 3.23. The predicted octanol–water partition coefficient (Wildman–Crippen LogP) is 2.91. The summed E-state index contributed by atoms with van der Waals surface area (Å²) >= 11 is 0. The van der Waals surface area contributed by atoms with Crippen molar-refractivity contribution in [3.05, 3.63) is 47.9 Å². The van der Waals surface area contributed by atoms with Crippen LogP contribution in [0.5, 0.6) is 0 Å². The molecule has 18 heavy (non-hydrogen) atoms. The monoisotopic (exact) mass is 241 g/mol. The van der Waals surface area contributed by atoms with Crippen molar-refractivity contribution in [3.63, 3.8) is 0 Å². The van der Waals surface area contributed by atoms with Gasteiger partial charge in [-0.25, -0.2) is 9.97 Å². The van der Waals surface area contributed by atoms with Gasteiger partial charge >= 0.3 is 0 Å². The Morgan fingerprint density at radius 2 is 1.83 bits per heavy atom. The third kappa shape index (κ3) is 2.41. The minimum atomic E-state index is -0.224. The fourth-order valence-corrected chi connectivity index (χ4v) is 1.78. The SMILES string of the molecule is CNC(C)(C)c1nccc(-c2ccccc2C)n1. The first-order valence-electron chi connectivity index (χ1n) is 6.13. The van der Waals surface area contributed by atoms with Crippen molar-refractivity contribution in [2.45, 2.75) is 26.3 Å². The Hall–Kier alpha value is -1.74. The summed E-state index contributed by atoms with van der Waals surface area (Å²) in [4.78, 5) is 9.04. The fraction of sp³-hybridized carbons (Fsp3) is 0.333. The van der Waals surface area contributed by atoms with E-state index in [1.807, 2.05) is 31.4 Å². The number of aromatic nitrogens is 2. The zero-order valence-corrected chi connectivity index (χ0v) is 11.4. The van der Waals surface area contributed by atoms with Crippen molar-refractivity contribution < 1.29 is 0 Å². The quantitative estimate of drug-likeness (QED) is 0.898. The van der Waals surface area contributed by atoms with Gasteiger partial charge in [0.1, 0.15) is 5.82 Å². The maximum Gasteiger partial charge on any atom is 0.148 e. The van der Waals surface area contributed by atoms with Crippen molar-refractivity contribution in [3.8, 4) is 11.3 Å². The Labute approximate surface area is 108 Å². The summed E-state index contributed by atoms with van der Waals surface area (Å²) in [5.74, 6) is 0.811. The number of hydrogen-bond donors (Lipinski definition) is 1. The van der Waals surface area contributed by atoms with E-state index in [9.17, 15) is 0 Å². The molecule has 0 saturated heterocycles. The molecule has 0 radical (unpaired) electrons. The summed E-state index contributed by atoms with van der Waals surface area (Å²) in [6.45, 7) is 6.24. The van der Waals surface area contributed by atoms with Crippen LogP contribution in [0, 0.1) is 6.92 Å². The summed E-state index contributed by atoms with van der Waals surface area (Å²) in [6.07, 6.45) is 1.82. The van der Waals surface area contributed by atoms with Crippen LogP contribution in [-0.4, -0.2) is 17.0 Å².